The van der Waals surface area contributed by atoms with Gasteiger partial charge in [-0.05, 0) is 51.3 Å². The Hall–Kier alpha value is -2.06. The molecular weight excluding hydrogens is 352 g/mol. The van der Waals surface area contributed by atoms with Gasteiger partial charge < -0.3 is 4.90 Å². The first kappa shape index (κ1) is 18.7. The lowest BCUT2D eigenvalue weighted by molar-refractivity contribution is 0.0619. The van der Waals surface area contributed by atoms with E-state index in [0.29, 0.717) is 17.6 Å². The number of sulfonamides is 1. The predicted molar refractivity (Wildman–Crippen MR) is 101 cm³/mol. The molecule has 2 aromatic rings. The summed E-state index contributed by atoms with van der Waals surface area (Å²) < 4.78 is 25.3. The van der Waals surface area contributed by atoms with E-state index in [2.05, 4.69) is 14.7 Å². The maximum absolute atomic E-state index is 13.0. The summed E-state index contributed by atoms with van der Waals surface area (Å²) >= 11 is 0. The van der Waals surface area contributed by atoms with Crippen molar-refractivity contribution >= 4 is 27.0 Å². The number of carbonyl (C=O) groups is 1. The van der Waals surface area contributed by atoms with E-state index in [1.807, 2.05) is 19.9 Å². The van der Waals surface area contributed by atoms with E-state index in [9.17, 15) is 13.2 Å². The molecule has 3 rings (SSSR count). The largest absolute Gasteiger partial charge is 0.334 e. The van der Waals surface area contributed by atoms with Crippen molar-refractivity contribution in [3.05, 3.63) is 35.2 Å². The summed E-state index contributed by atoms with van der Waals surface area (Å²) in [6.45, 7) is 4.68. The van der Waals surface area contributed by atoms with Gasteiger partial charge in [-0.15, -0.1) is 0 Å². The summed E-state index contributed by atoms with van der Waals surface area (Å²) in [6.07, 6.45) is 3.84. The van der Waals surface area contributed by atoms with Gasteiger partial charge in [0.1, 0.15) is 0 Å². The van der Waals surface area contributed by atoms with Gasteiger partial charge in [-0.2, -0.15) is 0 Å². The summed E-state index contributed by atoms with van der Waals surface area (Å²) in [6, 6.07) is 5.22. The minimum Gasteiger partial charge on any atom is -0.334 e. The first-order valence-corrected chi connectivity index (χ1v) is 10.6. The fraction of sp³-hybridized carbons (Fsp3) is 0.500. The molecule has 1 saturated heterocycles. The van der Waals surface area contributed by atoms with Crippen LogP contribution >= 0.6 is 0 Å². The van der Waals surface area contributed by atoms with E-state index < -0.39 is 10.0 Å². The van der Waals surface area contributed by atoms with Crippen molar-refractivity contribution in [3.8, 4) is 0 Å². The number of carbonyl (C=O) groups excluding carboxylic acids is 1. The first-order valence-electron chi connectivity index (χ1n) is 8.75. The summed E-state index contributed by atoms with van der Waals surface area (Å²) in [5, 5.41) is 0. The minimum atomic E-state index is -3.28. The van der Waals surface area contributed by atoms with Gasteiger partial charge >= 0.3 is 0 Å². The van der Waals surface area contributed by atoms with Gasteiger partial charge in [0.2, 0.25) is 10.0 Å². The van der Waals surface area contributed by atoms with Crippen LogP contribution in [0, 0.1) is 13.8 Å². The molecule has 1 aromatic carbocycles. The summed E-state index contributed by atoms with van der Waals surface area (Å²) in [5.74, 6) is -0.0908. The fourth-order valence-corrected chi connectivity index (χ4v) is 3.75. The van der Waals surface area contributed by atoms with Gasteiger partial charge in [0.05, 0.1) is 28.7 Å². The monoisotopic (exact) mass is 376 g/mol. The van der Waals surface area contributed by atoms with Gasteiger partial charge in [-0.25, -0.2) is 23.1 Å². The third-order valence-electron chi connectivity index (χ3n) is 4.79. The molecular formula is C18H24N4O3S. The van der Waals surface area contributed by atoms with Crippen molar-refractivity contribution < 1.29 is 13.2 Å². The maximum Gasteiger partial charge on any atom is 0.254 e. The quantitative estimate of drug-likeness (QED) is 0.878. The number of likely N-dealkylation sites (tertiary alicyclic amines) is 1. The second kappa shape index (κ2) is 7.28. The Morgan fingerprint density at radius 1 is 1.19 bits per heavy atom. The van der Waals surface area contributed by atoms with E-state index in [1.54, 1.807) is 17.0 Å². The van der Waals surface area contributed by atoms with Crippen LogP contribution in [0.3, 0.4) is 0 Å². The molecule has 1 aliphatic heterocycles. The number of hydrogen-bond donors (Lipinski definition) is 1. The smallest absolute Gasteiger partial charge is 0.254 e. The summed E-state index contributed by atoms with van der Waals surface area (Å²) in [7, 11) is -3.28. The molecule has 1 aliphatic rings. The Morgan fingerprint density at radius 2 is 1.88 bits per heavy atom. The highest BCUT2D eigenvalue weighted by Gasteiger charge is 2.28. The third kappa shape index (κ3) is 4.19. The SMILES string of the molecule is Cc1nc2ccc(C(=O)N3CCCCC3CNS(C)(=O)=O)cc2nc1C. The molecule has 1 fully saturated rings. The third-order valence-corrected chi connectivity index (χ3v) is 5.48. The lowest BCUT2D eigenvalue weighted by atomic mass is 10.0. The topological polar surface area (TPSA) is 92.3 Å². The standard InChI is InChI=1S/C18H24N4O3S/c1-12-13(2)21-17-10-14(7-8-16(17)20-12)18(23)22-9-5-4-6-15(22)11-19-26(3,24)25/h7-8,10,15,19H,4-6,9,11H2,1-3H3. The van der Waals surface area contributed by atoms with Crippen molar-refractivity contribution in [1.29, 1.82) is 0 Å². The zero-order valence-electron chi connectivity index (χ0n) is 15.3. The van der Waals surface area contributed by atoms with Crippen LogP contribution in [-0.2, 0) is 10.0 Å². The number of rotatable bonds is 4. The maximum atomic E-state index is 13.0. The molecule has 1 N–H and O–H groups in total. The van der Waals surface area contributed by atoms with Crippen LogP contribution in [0.5, 0.6) is 0 Å². The van der Waals surface area contributed by atoms with Crippen LogP contribution in [0.1, 0.15) is 41.0 Å². The van der Waals surface area contributed by atoms with Crippen LogP contribution in [0.2, 0.25) is 0 Å². The van der Waals surface area contributed by atoms with E-state index in [-0.39, 0.29) is 18.5 Å². The zero-order valence-corrected chi connectivity index (χ0v) is 16.1. The van der Waals surface area contributed by atoms with Gasteiger partial charge in [-0.3, -0.25) is 4.79 Å². The lowest BCUT2D eigenvalue weighted by Crippen LogP contribution is -2.49. The minimum absolute atomic E-state index is 0.0908. The van der Waals surface area contributed by atoms with E-state index >= 15 is 0 Å². The van der Waals surface area contributed by atoms with Crippen LogP contribution in [0.15, 0.2) is 18.2 Å². The molecule has 2 heterocycles. The number of nitrogens with one attached hydrogen (secondary N) is 1. The molecule has 1 atom stereocenters. The van der Waals surface area contributed by atoms with Gasteiger partial charge in [0, 0.05) is 24.7 Å². The van der Waals surface area contributed by atoms with Crippen LogP contribution < -0.4 is 4.72 Å². The average molecular weight is 376 g/mol. The number of piperidine rings is 1. The molecule has 8 heteroatoms. The van der Waals surface area contributed by atoms with E-state index in [4.69, 9.17) is 0 Å². The van der Waals surface area contributed by atoms with Gasteiger partial charge in [-0.1, -0.05) is 0 Å². The average Bonchev–Trinajstić information content (AvgIpc) is 2.59. The van der Waals surface area contributed by atoms with Gasteiger partial charge in [0.25, 0.3) is 5.91 Å². The summed E-state index contributed by atoms with van der Waals surface area (Å²) in [5.41, 5.74) is 3.73. The van der Waals surface area contributed by atoms with Crippen molar-refractivity contribution in [1.82, 2.24) is 19.6 Å². The zero-order chi connectivity index (χ0) is 18.9. The molecule has 1 unspecified atom stereocenters. The number of hydrogen-bond acceptors (Lipinski definition) is 5. The number of fused-ring (bicyclic) bond motifs is 1. The molecule has 1 amide bonds. The Morgan fingerprint density at radius 3 is 2.58 bits per heavy atom. The molecule has 0 radical (unpaired) electrons. The molecule has 26 heavy (non-hydrogen) atoms. The fourth-order valence-electron chi connectivity index (χ4n) is 3.26. The first-order chi connectivity index (χ1) is 12.2. The van der Waals surface area contributed by atoms with Crippen molar-refractivity contribution in [2.24, 2.45) is 0 Å². The number of amides is 1. The lowest BCUT2D eigenvalue weighted by Gasteiger charge is -2.35. The second-order valence-electron chi connectivity index (χ2n) is 6.87. The van der Waals surface area contributed by atoms with Crippen molar-refractivity contribution in [2.45, 2.75) is 39.2 Å². The summed E-state index contributed by atoms with van der Waals surface area (Å²) in [4.78, 5) is 23.8. The second-order valence-corrected chi connectivity index (χ2v) is 8.70. The van der Waals surface area contributed by atoms with Gasteiger partial charge in [0.15, 0.2) is 0 Å². The van der Waals surface area contributed by atoms with Crippen LogP contribution in [0.25, 0.3) is 11.0 Å². The Bertz CT molecular complexity index is 943. The number of aryl methyl sites for hydroxylation is 2. The normalized spacial score (nSPS) is 18.3. The molecule has 1 aromatic heterocycles. The van der Waals surface area contributed by atoms with Crippen molar-refractivity contribution in [2.75, 3.05) is 19.3 Å². The van der Waals surface area contributed by atoms with Crippen molar-refractivity contribution in [3.63, 3.8) is 0 Å². The van der Waals surface area contributed by atoms with Crippen LogP contribution in [-0.4, -0.2) is 54.6 Å². The molecule has 0 saturated carbocycles. The van der Waals surface area contributed by atoms with E-state index in [0.717, 1.165) is 42.4 Å². The Balaban J connectivity index is 1.86. The van der Waals surface area contributed by atoms with Crippen LogP contribution in [0.4, 0.5) is 0 Å². The highest BCUT2D eigenvalue weighted by atomic mass is 32.2. The predicted octanol–water partition coefficient (Wildman–Crippen LogP) is 1.79. The Labute approximate surface area is 153 Å². The molecule has 7 nitrogen and oxygen atoms in total. The Kier molecular flexibility index (Phi) is 5.24. The van der Waals surface area contributed by atoms with E-state index in [1.165, 1.54) is 0 Å². The number of nitrogens with zero attached hydrogens (tertiary/aromatic N) is 3. The molecule has 0 bridgehead atoms. The number of aromatic nitrogens is 2. The molecule has 0 aliphatic carbocycles. The highest BCUT2D eigenvalue weighted by molar-refractivity contribution is 7.88. The molecule has 0 spiro atoms. The highest BCUT2D eigenvalue weighted by Crippen LogP contribution is 2.21. The molecule has 140 valence electrons. The number of benzene rings is 1.